The Hall–Kier alpha value is -2.01. The maximum absolute atomic E-state index is 5.88. The highest BCUT2D eigenvalue weighted by Crippen LogP contribution is 2.29. The van der Waals surface area contributed by atoms with Crippen LogP contribution in [0, 0.1) is 0 Å². The molecule has 0 saturated carbocycles. The molecule has 0 aliphatic carbocycles. The first-order valence-electron chi connectivity index (χ1n) is 6.85. The number of rotatable bonds is 7. The lowest BCUT2D eigenvalue weighted by molar-refractivity contribution is 0.414. The molecule has 0 bridgehead atoms. The first kappa shape index (κ1) is 15.4. The minimum atomic E-state index is 0.625. The molecule has 0 radical (unpaired) electrons. The summed E-state index contributed by atoms with van der Waals surface area (Å²) in [5, 5.41) is 7.21. The van der Waals surface area contributed by atoms with Gasteiger partial charge in [-0.15, -0.1) is 0 Å². The fourth-order valence-electron chi connectivity index (χ4n) is 1.85. The van der Waals surface area contributed by atoms with Gasteiger partial charge in [-0.2, -0.15) is 0 Å². The fourth-order valence-corrected chi connectivity index (χ4v) is 1.98. The molecule has 1 aromatic carbocycles. The average molecular weight is 307 g/mol. The third kappa shape index (κ3) is 4.23. The third-order valence-corrected chi connectivity index (χ3v) is 3.18. The van der Waals surface area contributed by atoms with E-state index in [1.54, 1.807) is 7.11 Å². The van der Waals surface area contributed by atoms with Gasteiger partial charge in [0.1, 0.15) is 6.33 Å². The van der Waals surface area contributed by atoms with Crippen LogP contribution in [0.15, 0.2) is 30.6 Å². The van der Waals surface area contributed by atoms with Crippen molar-refractivity contribution in [3.8, 4) is 5.75 Å². The summed E-state index contributed by atoms with van der Waals surface area (Å²) in [4.78, 5) is 8.45. The van der Waals surface area contributed by atoms with Crippen LogP contribution in [0.25, 0.3) is 0 Å². The van der Waals surface area contributed by atoms with Crippen molar-refractivity contribution < 1.29 is 4.74 Å². The number of nitrogens with zero attached hydrogens (tertiary/aromatic N) is 2. The Morgan fingerprint density at radius 1 is 1.10 bits per heavy atom. The van der Waals surface area contributed by atoms with Crippen LogP contribution in [0.4, 0.5) is 11.6 Å². The summed E-state index contributed by atoms with van der Waals surface area (Å²) in [6.07, 6.45) is 2.53. The smallest absolute Gasteiger partial charge is 0.204 e. The number of ether oxygens (including phenoxy) is 1. The van der Waals surface area contributed by atoms with Gasteiger partial charge in [-0.1, -0.05) is 30.7 Å². The van der Waals surface area contributed by atoms with Crippen LogP contribution in [0.2, 0.25) is 5.02 Å². The maximum atomic E-state index is 5.88. The van der Waals surface area contributed by atoms with Crippen molar-refractivity contribution >= 4 is 23.2 Å². The number of hydrogen-bond acceptors (Lipinski definition) is 5. The zero-order chi connectivity index (χ0) is 15.1. The lowest BCUT2D eigenvalue weighted by atomic mass is 10.2. The second kappa shape index (κ2) is 7.69. The molecular formula is C15H19ClN4O. The SMILES string of the molecule is CCCNc1ncnc(NCc2ccc(Cl)cc2)c1OC. The van der Waals surface area contributed by atoms with Crippen LogP contribution in [0.1, 0.15) is 18.9 Å². The fraction of sp³-hybridized carbons (Fsp3) is 0.333. The molecule has 2 rings (SSSR count). The number of methoxy groups -OCH3 is 1. The number of aromatic nitrogens is 2. The van der Waals surface area contributed by atoms with Crippen LogP contribution >= 0.6 is 11.6 Å². The Morgan fingerprint density at radius 3 is 2.38 bits per heavy atom. The summed E-state index contributed by atoms with van der Waals surface area (Å²) in [7, 11) is 1.61. The first-order chi connectivity index (χ1) is 10.2. The van der Waals surface area contributed by atoms with E-state index in [2.05, 4.69) is 27.5 Å². The molecule has 0 fully saturated rings. The zero-order valence-corrected chi connectivity index (χ0v) is 12.9. The molecule has 0 saturated heterocycles. The van der Waals surface area contributed by atoms with Crippen molar-refractivity contribution in [1.29, 1.82) is 0 Å². The van der Waals surface area contributed by atoms with Crippen LogP contribution in [0.3, 0.4) is 0 Å². The molecule has 0 spiro atoms. The number of hydrogen-bond donors (Lipinski definition) is 2. The van der Waals surface area contributed by atoms with Gasteiger partial charge in [0.05, 0.1) is 7.11 Å². The van der Waals surface area contributed by atoms with Crippen molar-refractivity contribution in [2.24, 2.45) is 0 Å². The van der Waals surface area contributed by atoms with Gasteiger partial charge in [-0.25, -0.2) is 9.97 Å². The molecule has 2 aromatic rings. The first-order valence-corrected chi connectivity index (χ1v) is 7.23. The van der Waals surface area contributed by atoms with Gasteiger partial charge >= 0.3 is 0 Å². The monoisotopic (exact) mass is 306 g/mol. The van der Waals surface area contributed by atoms with E-state index in [9.17, 15) is 0 Å². The number of benzene rings is 1. The second-order valence-electron chi connectivity index (χ2n) is 4.51. The van der Waals surface area contributed by atoms with Gasteiger partial charge in [0.2, 0.25) is 5.75 Å². The highest BCUT2D eigenvalue weighted by atomic mass is 35.5. The molecule has 0 aliphatic heterocycles. The molecule has 0 atom stereocenters. The normalized spacial score (nSPS) is 10.2. The Balaban J connectivity index is 2.10. The summed E-state index contributed by atoms with van der Waals surface area (Å²) in [5.41, 5.74) is 1.11. The highest BCUT2D eigenvalue weighted by Gasteiger charge is 2.11. The van der Waals surface area contributed by atoms with Crippen LogP contribution in [-0.2, 0) is 6.54 Å². The van der Waals surface area contributed by atoms with E-state index in [1.165, 1.54) is 6.33 Å². The molecule has 0 unspecified atom stereocenters. The molecule has 1 aromatic heterocycles. The van der Waals surface area contributed by atoms with E-state index >= 15 is 0 Å². The summed E-state index contributed by atoms with van der Waals surface area (Å²) >= 11 is 5.88. The van der Waals surface area contributed by atoms with Gasteiger partial charge < -0.3 is 15.4 Å². The highest BCUT2D eigenvalue weighted by molar-refractivity contribution is 6.30. The molecule has 6 heteroatoms. The van der Waals surface area contributed by atoms with Crippen molar-refractivity contribution in [3.63, 3.8) is 0 Å². The summed E-state index contributed by atoms with van der Waals surface area (Å²) < 4.78 is 5.41. The zero-order valence-electron chi connectivity index (χ0n) is 12.2. The molecule has 0 amide bonds. The largest absolute Gasteiger partial charge is 0.490 e. The summed E-state index contributed by atoms with van der Waals surface area (Å²) in [5.74, 6) is 1.99. The standard InChI is InChI=1S/C15H19ClN4O/c1-3-8-17-14-13(21-2)15(20-10-19-14)18-9-11-4-6-12(16)7-5-11/h4-7,10H,3,8-9H2,1-2H3,(H2,17,18,19,20). The van der Waals surface area contributed by atoms with E-state index in [-0.39, 0.29) is 0 Å². The molecule has 5 nitrogen and oxygen atoms in total. The van der Waals surface area contributed by atoms with Crippen molar-refractivity contribution in [3.05, 3.63) is 41.2 Å². The van der Waals surface area contributed by atoms with Gasteiger partial charge in [0.15, 0.2) is 11.6 Å². The predicted octanol–water partition coefficient (Wildman–Crippen LogP) is 3.57. The van der Waals surface area contributed by atoms with Gasteiger partial charge in [0, 0.05) is 18.1 Å². The lowest BCUT2D eigenvalue weighted by Crippen LogP contribution is -2.09. The van der Waals surface area contributed by atoms with Crippen molar-refractivity contribution in [2.75, 3.05) is 24.3 Å². The van der Waals surface area contributed by atoms with Gasteiger partial charge in [-0.05, 0) is 24.1 Å². The van der Waals surface area contributed by atoms with E-state index in [0.717, 1.165) is 23.6 Å². The van der Waals surface area contributed by atoms with Crippen molar-refractivity contribution in [2.45, 2.75) is 19.9 Å². The van der Waals surface area contributed by atoms with Crippen LogP contribution in [-0.4, -0.2) is 23.6 Å². The van der Waals surface area contributed by atoms with Gasteiger partial charge in [0.25, 0.3) is 0 Å². The lowest BCUT2D eigenvalue weighted by Gasteiger charge is -2.14. The quantitative estimate of drug-likeness (QED) is 0.819. The molecule has 21 heavy (non-hydrogen) atoms. The van der Waals surface area contributed by atoms with Crippen LogP contribution in [0.5, 0.6) is 5.75 Å². The minimum absolute atomic E-state index is 0.625. The average Bonchev–Trinajstić information content (AvgIpc) is 2.52. The van der Waals surface area contributed by atoms with E-state index in [4.69, 9.17) is 16.3 Å². The number of halogens is 1. The topological polar surface area (TPSA) is 59.1 Å². The van der Waals surface area contributed by atoms with Crippen LogP contribution < -0.4 is 15.4 Å². The minimum Gasteiger partial charge on any atom is -0.490 e. The molecule has 1 heterocycles. The van der Waals surface area contributed by atoms with E-state index in [1.807, 2.05) is 24.3 Å². The Labute approximate surface area is 129 Å². The maximum Gasteiger partial charge on any atom is 0.204 e. The predicted molar refractivity (Wildman–Crippen MR) is 86.1 cm³/mol. The molecule has 112 valence electrons. The summed E-state index contributed by atoms with van der Waals surface area (Å²) in [6, 6.07) is 7.67. The number of nitrogens with one attached hydrogen (secondary N) is 2. The Bertz CT molecular complexity index is 574. The summed E-state index contributed by atoms with van der Waals surface area (Å²) in [6.45, 7) is 3.57. The van der Waals surface area contributed by atoms with Crippen molar-refractivity contribution in [1.82, 2.24) is 9.97 Å². The molecular weight excluding hydrogens is 288 g/mol. The van der Waals surface area contributed by atoms with E-state index < -0.39 is 0 Å². The molecule has 0 aliphatic rings. The van der Waals surface area contributed by atoms with Gasteiger partial charge in [-0.3, -0.25) is 0 Å². The third-order valence-electron chi connectivity index (χ3n) is 2.92. The molecule has 2 N–H and O–H groups in total. The Morgan fingerprint density at radius 2 is 1.76 bits per heavy atom. The second-order valence-corrected chi connectivity index (χ2v) is 4.95. The number of anilines is 2. The van der Waals surface area contributed by atoms with E-state index in [0.29, 0.717) is 23.9 Å². The Kier molecular flexibility index (Phi) is 5.63.